The van der Waals surface area contributed by atoms with Crippen molar-refractivity contribution in [2.24, 2.45) is 11.7 Å². The van der Waals surface area contributed by atoms with Crippen molar-refractivity contribution in [1.29, 1.82) is 0 Å². The molecule has 0 saturated carbocycles. The number of nitrogens with zero attached hydrogens (tertiary/aromatic N) is 1. The summed E-state index contributed by atoms with van der Waals surface area (Å²) in [4.78, 5) is 49.7. The molecular formula is C17H30N4O5. The highest BCUT2D eigenvalue weighted by Gasteiger charge is 2.39. The van der Waals surface area contributed by atoms with Gasteiger partial charge in [0.05, 0.1) is 6.04 Å². The molecule has 9 heteroatoms. The number of carbonyl (C=O) groups excluding carboxylic acids is 3. The Morgan fingerprint density at radius 1 is 1.19 bits per heavy atom. The van der Waals surface area contributed by atoms with Crippen LogP contribution in [0.1, 0.15) is 47.0 Å². The van der Waals surface area contributed by atoms with Crippen LogP contribution in [-0.2, 0) is 19.2 Å². The molecule has 5 N–H and O–H groups in total. The molecule has 0 aromatic carbocycles. The number of rotatable bonds is 8. The molecule has 26 heavy (non-hydrogen) atoms. The first kappa shape index (κ1) is 21.9. The number of nitrogens with one attached hydrogen (secondary N) is 2. The summed E-state index contributed by atoms with van der Waals surface area (Å²) >= 11 is 0. The summed E-state index contributed by atoms with van der Waals surface area (Å²) in [5, 5.41) is 14.0. The zero-order chi connectivity index (χ0) is 20.0. The van der Waals surface area contributed by atoms with E-state index < -0.39 is 42.0 Å². The second-order valence-corrected chi connectivity index (χ2v) is 6.92. The van der Waals surface area contributed by atoms with E-state index in [-0.39, 0.29) is 11.8 Å². The molecule has 0 spiro atoms. The second kappa shape index (κ2) is 9.51. The average Bonchev–Trinajstić information content (AvgIpc) is 3.07. The first-order valence-electron chi connectivity index (χ1n) is 8.99. The lowest BCUT2D eigenvalue weighted by atomic mass is 9.97. The zero-order valence-electron chi connectivity index (χ0n) is 15.8. The van der Waals surface area contributed by atoms with Crippen LogP contribution < -0.4 is 16.4 Å². The molecule has 1 heterocycles. The summed E-state index contributed by atoms with van der Waals surface area (Å²) in [6.07, 6.45) is 1.76. The first-order valence-corrected chi connectivity index (χ1v) is 8.99. The Morgan fingerprint density at radius 2 is 1.81 bits per heavy atom. The van der Waals surface area contributed by atoms with Gasteiger partial charge in [-0.3, -0.25) is 19.2 Å². The van der Waals surface area contributed by atoms with Crippen molar-refractivity contribution in [3.05, 3.63) is 0 Å². The van der Waals surface area contributed by atoms with Gasteiger partial charge >= 0.3 is 5.97 Å². The predicted octanol–water partition coefficient (Wildman–Crippen LogP) is -0.555. The van der Waals surface area contributed by atoms with Crippen LogP contribution in [0.4, 0.5) is 0 Å². The van der Waals surface area contributed by atoms with Crippen LogP contribution in [0.25, 0.3) is 0 Å². The third-order valence-electron chi connectivity index (χ3n) is 4.76. The first-order chi connectivity index (χ1) is 12.1. The number of carboxylic acids is 1. The number of carbonyl (C=O) groups is 4. The molecule has 5 atom stereocenters. The van der Waals surface area contributed by atoms with Gasteiger partial charge in [0.25, 0.3) is 0 Å². The number of amides is 3. The lowest BCUT2D eigenvalue weighted by molar-refractivity contribution is -0.145. The SMILES string of the molecule is CCC(C)C(NC(=O)C(C)N)C(=O)N1CCCC1C(=O)NC(C)C(=O)O. The van der Waals surface area contributed by atoms with E-state index in [4.69, 9.17) is 10.8 Å². The van der Waals surface area contributed by atoms with Crippen LogP contribution in [0, 0.1) is 5.92 Å². The Morgan fingerprint density at radius 3 is 2.31 bits per heavy atom. The maximum atomic E-state index is 13.0. The lowest BCUT2D eigenvalue weighted by Crippen LogP contribution is -2.58. The van der Waals surface area contributed by atoms with Gasteiger partial charge in [0.1, 0.15) is 18.1 Å². The number of aliphatic carboxylic acids is 1. The molecule has 5 unspecified atom stereocenters. The third-order valence-corrected chi connectivity index (χ3v) is 4.76. The number of hydrogen-bond donors (Lipinski definition) is 4. The van der Waals surface area contributed by atoms with Crippen LogP contribution in [0.2, 0.25) is 0 Å². The highest BCUT2D eigenvalue weighted by molar-refractivity contribution is 5.94. The Balaban J connectivity index is 2.92. The molecule has 1 rings (SSSR count). The van der Waals surface area contributed by atoms with Crippen molar-refractivity contribution in [2.75, 3.05) is 6.54 Å². The number of likely N-dealkylation sites (tertiary alicyclic amines) is 1. The maximum absolute atomic E-state index is 13.0. The van der Waals surface area contributed by atoms with E-state index in [1.54, 1.807) is 0 Å². The molecule has 148 valence electrons. The summed E-state index contributed by atoms with van der Waals surface area (Å²) in [7, 11) is 0. The van der Waals surface area contributed by atoms with E-state index in [9.17, 15) is 19.2 Å². The van der Waals surface area contributed by atoms with Gasteiger partial charge in [-0.15, -0.1) is 0 Å². The Hall–Kier alpha value is -2.16. The molecule has 0 aromatic rings. The summed E-state index contributed by atoms with van der Waals surface area (Å²) in [5.41, 5.74) is 5.58. The van der Waals surface area contributed by atoms with E-state index in [0.717, 1.165) is 0 Å². The van der Waals surface area contributed by atoms with E-state index >= 15 is 0 Å². The predicted molar refractivity (Wildman–Crippen MR) is 95.0 cm³/mol. The molecule has 0 bridgehead atoms. The van der Waals surface area contributed by atoms with Gasteiger partial charge in [-0.25, -0.2) is 0 Å². The van der Waals surface area contributed by atoms with E-state index in [2.05, 4.69) is 10.6 Å². The molecule has 3 amide bonds. The molecule has 1 aliphatic heterocycles. The smallest absolute Gasteiger partial charge is 0.325 e. The van der Waals surface area contributed by atoms with Crippen molar-refractivity contribution >= 4 is 23.7 Å². The number of hydrogen-bond acceptors (Lipinski definition) is 5. The molecule has 9 nitrogen and oxygen atoms in total. The summed E-state index contributed by atoms with van der Waals surface area (Å²) < 4.78 is 0. The van der Waals surface area contributed by atoms with Crippen LogP contribution >= 0.6 is 0 Å². The van der Waals surface area contributed by atoms with Gasteiger partial charge in [-0.1, -0.05) is 20.3 Å². The van der Waals surface area contributed by atoms with Gasteiger partial charge in [0.15, 0.2) is 0 Å². The monoisotopic (exact) mass is 370 g/mol. The van der Waals surface area contributed by atoms with E-state index in [1.165, 1.54) is 18.7 Å². The normalized spacial score (nSPS) is 21.4. The van der Waals surface area contributed by atoms with Crippen molar-refractivity contribution < 1.29 is 24.3 Å². The van der Waals surface area contributed by atoms with Crippen molar-refractivity contribution in [3.63, 3.8) is 0 Å². The van der Waals surface area contributed by atoms with Crippen molar-refractivity contribution in [2.45, 2.75) is 71.1 Å². The van der Waals surface area contributed by atoms with Crippen LogP contribution in [0.5, 0.6) is 0 Å². The van der Waals surface area contributed by atoms with Crippen LogP contribution in [0.15, 0.2) is 0 Å². The van der Waals surface area contributed by atoms with Gasteiger partial charge in [0, 0.05) is 6.54 Å². The zero-order valence-corrected chi connectivity index (χ0v) is 15.8. The maximum Gasteiger partial charge on any atom is 0.325 e. The van der Waals surface area contributed by atoms with Crippen molar-refractivity contribution in [1.82, 2.24) is 15.5 Å². The number of nitrogens with two attached hydrogens (primary N) is 1. The molecule has 0 aliphatic carbocycles. The fourth-order valence-corrected chi connectivity index (χ4v) is 2.82. The van der Waals surface area contributed by atoms with E-state index in [1.807, 2.05) is 13.8 Å². The van der Waals surface area contributed by atoms with Gasteiger partial charge in [-0.05, 0) is 32.6 Å². The molecule has 1 fully saturated rings. The minimum absolute atomic E-state index is 0.132. The summed E-state index contributed by atoms with van der Waals surface area (Å²) in [6.45, 7) is 7.05. The molecule has 0 radical (unpaired) electrons. The quantitative estimate of drug-likeness (QED) is 0.451. The highest BCUT2D eigenvalue weighted by Crippen LogP contribution is 2.21. The highest BCUT2D eigenvalue weighted by atomic mass is 16.4. The molecule has 1 aliphatic rings. The van der Waals surface area contributed by atoms with E-state index in [0.29, 0.717) is 25.8 Å². The van der Waals surface area contributed by atoms with Gasteiger partial charge < -0.3 is 26.4 Å². The molecular weight excluding hydrogens is 340 g/mol. The summed E-state index contributed by atoms with van der Waals surface area (Å²) in [6, 6.07) is -3.29. The van der Waals surface area contributed by atoms with Gasteiger partial charge in [-0.2, -0.15) is 0 Å². The van der Waals surface area contributed by atoms with Crippen LogP contribution in [-0.4, -0.2) is 64.4 Å². The van der Waals surface area contributed by atoms with Crippen molar-refractivity contribution in [3.8, 4) is 0 Å². The lowest BCUT2D eigenvalue weighted by Gasteiger charge is -2.32. The third kappa shape index (κ3) is 5.42. The Kier molecular flexibility index (Phi) is 8.01. The minimum Gasteiger partial charge on any atom is -0.480 e. The minimum atomic E-state index is -1.14. The molecule has 1 saturated heterocycles. The summed E-state index contributed by atoms with van der Waals surface area (Å²) in [5.74, 6) is -2.53. The fraction of sp³-hybridized carbons (Fsp3) is 0.765. The topological polar surface area (TPSA) is 142 Å². The average molecular weight is 370 g/mol. The Labute approximate surface area is 153 Å². The standard InChI is InChI=1S/C17H30N4O5/c1-5-9(2)13(20-14(22)10(3)18)16(24)21-8-6-7-12(21)15(23)19-11(4)17(25)26/h9-13H,5-8,18H2,1-4H3,(H,19,23)(H,20,22)(H,25,26). The second-order valence-electron chi connectivity index (χ2n) is 6.92. The Bertz CT molecular complexity index is 551. The van der Waals surface area contributed by atoms with Gasteiger partial charge in [0.2, 0.25) is 17.7 Å². The molecule has 0 aromatic heterocycles. The fourth-order valence-electron chi connectivity index (χ4n) is 2.82. The largest absolute Gasteiger partial charge is 0.480 e. The number of carboxylic acid groups (broad SMARTS) is 1. The van der Waals surface area contributed by atoms with Crippen LogP contribution in [0.3, 0.4) is 0 Å².